The summed E-state index contributed by atoms with van der Waals surface area (Å²) in [6.45, 7) is 6.09. The molecule has 0 unspecified atom stereocenters. The molecular weight excluding hydrogens is 517 g/mol. The van der Waals surface area contributed by atoms with Gasteiger partial charge in [0.25, 0.3) is 18.3 Å². The maximum Gasteiger partial charge on any atom is 0.358 e. The maximum absolute atomic E-state index is 13.6. The van der Waals surface area contributed by atoms with E-state index < -0.39 is 11.8 Å². The zero-order valence-electron chi connectivity index (χ0n) is 22.6. The lowest BCUT2D eigenvalue weighted by atomic mass is 9.89. The van der Waals surface area contributed by atoms with Crippen LogP contribution in [0.5, 0.6) is 0 Å². The zero-order chi connectivity index (χ0) is 29.2. The van der Waals surface area contributed by atoms with Crippen molar-refractivity contribution in [2.45, 2.75) is 45.6 Å². The number of halogens is 1. The highest BCUT2D eigenvalue weighted by atomic mass is 19.1. The largest absolute Gasteiger partial charge is 0.483 e. The number of carboxylic acid groups (broad SMARTS) is 1. The Labute approximate surface area is 232 Å². The molecule has 2 amide bonds. The standard InChI is InChI=1S/C29H30FN3O4.CH2O2/c1-18(2)37-29(36)26-25(5-4-12-31-26)28(35)33-13-10-21(11-14-33)20-6-8-24(9-7-20)32-27(34)22-15-19(3)16-23(30)17-22;2-1-3/h4-9,12,15-18,21H,10-11,13-14H2,1-3H3,(H,32,34);1H,(H,2,3). The molecule has 1 saturated heterocycles. The second-order valence-electron chi connectivity index (χ2n) is 9.62. The summed E-state index contributed by atoms with van der Waals surface area (Å²) < 4.78 is 18.9. The van der Waals surface area contributed by atoms with E-state index in [9.17, 15) is 18.8 Å². The fourth-order valence-corrected chi connectivity index (χ4v) is 4.51. The van der Waals surface area contributed by atoms with Crippen LogP contribution < -0.4 is 5.32 Å². The lowest BCUT2D eigenvalue weighted by Gasteiger charge is -2.32. The number of esters is 1. The number of aryl methyl sites for hydroxylation is 1. The number of amides is 2. The number of ether oxygens (including phenoxy) is 1. The van der Waals surface area contributed by atoms with E-state index >= 15 is 0 Å². The topological polar surface area (TPSA) is 126 Å². The number of rotatable bonds is 6. The quantitative estimate of drug-likeness (QED) is 0.325. The van der Waals surface area contributed by atoms with Gasteiger partial charge in [-0.2, -0.15) is 0 Å². The Morgan fingerprint density at radius 3 is 2.35 bits per heavy atom. The van der Waals surface area contributed by atoms with Gasteiger partial charge in [-0.15, -0.1) is 0 Å². The number of piperidine rings is 1. The van der Waals surface area contributed by atoms with Crippen molar-refractivity contribution in [1.82, 2.24) is 9.88 Å². The van der Waals surface area contributed by atoms with Crippen LogP contribution in [0.15, 0.2) is 60.8 Å². The first kappa shape index (κ1) is 29.9. The number of nitrogens with one attached hydrogen (secondary N) is 1. The van der Waals surface area contributed by atoms with Gasteiger partial charge in [0.2, 0.25) is 0 Å². The van der Waals surface area contributed by atoms with Gasteiger partial charge in [0.15, 0.2) is 5.69 Å². The number of likely N-dealkylation sites (tertiary alicyclic amines) is 1. The van der Waals surface area contributed by atoms with E-state index in [-0.39, 0.29) is 47.1 Å². The van der Waals surface area contributed by atoms with E-state index in [4.69, 9.17) is 14.6 Å². The van der Waals surface area contributed by atoms with Gasteiger partial charge in [-0.3, -0.25) is 14.4 Å². The summed E-state index contributed by atoms with van der Waals surface area (Å²) >= 11 is 0. The van der Waals surface area contributed by atoms with Crippen molar-refractivity contribution in [3.05, 3.63) is 94.6 Å². The van der Waals surface area contributed by atoms with Crippen molar-refractivity contribution in [2.75, 3.05) is 18.4 Å². The molecule has 2 heterocycles. The summed E-state index contributed by atoms with van der Waals surface area (Å²) in [6.07, 6.45) is 2.71. The van der Waals surface area contributed by atoms with E-state index in [1.165, 1.54) is 18.3 Å². The number of benzene rings is 2. The van der Waals surface area contributed by atoms with Gasteiger partial charge < -0.3 is 20.1 Å². The fraction of sp³-hybridized carbons (Fsp3) is 0.300. The predicted molar refractivity (Wildman–Crippen MR) is 147 cm³/mol. The molecule has 1 aliphatic rings. The number of carbonyl (C=O) groups excluding carboxylic acids is 3. The highest BCUT2D eigenvalue weighted by molar-refractivity contribution is 6.05. The van der Waals surface area contributed by atoms with Crippen LogP contribution in [0.3, 0.4) is 0 Å². The van der Waals surface area contributed by atoms with Crippen LogP contribution in [0, 0.1) is 12.7 Å². The Bertz CT molecular complexity index is 1330. The summed E-state index contributed by atoms with van der Waals surface area (Å²) in [4.78, 5) is 52.3. The summed E-state index contributed by atoms with van der Waals surface area (Å²) in [7, 11) is 0. The van der Waals surface area contributed by atoms with Crippen LogP contribution in [-0.2, 0) is 9.53 Å². The minimum Gasteiger partial charge on any atom is -0.483 e. The second kappa shape index (κ2) is 14.0. The molecule has 0 spiro atoms. The van der Waals surface area contributed by atoms with Gasteiger partial charge >= 0.3 is 5.97 Å². The lowest BCUT2D eigenvalue weighted by Crippen LogP contribution is -2.38. The van der Waals surface area contributed by atoms with Crippen molar-refractivity contribution in [1.29, 1.82) is 0 Å². The molecule has 2 N–H and O–H groups in total. The SMILES string of the molecule is Cc1cc(F)cc(C(=O)Nc2ccc(C3CCN(C(=O)c4cccnc4C(=O)OC(C)C)CC3)cc2)c1.O=CO. The molecular formula is C30H32FN3O6. The third-order valence-corrected chi connectivity index (χ3v) is 6.30. The van der Waals surface area contributed by atoms with Crippen molar-refractivity contribution in [3.63, 3.8) is 0 Å². The molecule has 0 atom stereocenters. The average Bonchev–Trinajstić information content (AvgIpc) is 2.93. The van der Waals surface area contributed by atoms with E-state index in [1.807, 2.05) is 24.3 Å². The molecule has 9 nitrogen and oxygen atoms in total. The van der Waals surface area contributed by atoms with Crippen molar-refractivity contribution in [3.8, 4) is 0 Å². The molecule has 3 aromatic rings. The molecule has 10 heteroatoms. The van der Waals surface area contributed by atoms with Gasteiger partial charge in [0, 0.05) is 30.5 Å². The van der Waals surface area contributed by atoms with Gasteiger partial charge in [0.05, 0.1) is 11.7 Å². The molecule has 1 aromatic heterocycles. The first-order valence-electron chi connectivity index (χ1n) is 12.8. The number of carbonyl (C=O) groups is 4. The Balaban J connectivity index is 0.00000141. The molecule has 1 aliphatic heterocycles. The van der Waals surface area contributed by atoms with Crippen LogP contribution in [0.1, 0.15) is 74.9 Å². The summed E-state index contributed by atoms with van der Waals surface area (Å²) in [5.41, 5.74) is 2.98. The van der Waals surface area contributed by atoms with E-state index in [1.54, 1.807) is 43.9 Å². The van der Waals surface area contributed by atoms with Crippen LogP contribution >= 0.6 is 0 Å². The average molecular weight is 550 g/mol. The Hall–Kier alpha value is -4.60. The Kier molecular flexibility index (Phi) is 10.5. The highest BCUT2D eigenvalue weighted by Crippen LogP contribution is 2.30. The number of anilines is 1. The number of nitrogens with zero attached hydrogens (tertiary/aromatic N) is 2. The van der Waals surface area contributed by atoms with Gasteiger partial charge in [-0.1, -0.05) is 12.1 Å². The minimum absolute atomic E-state index is 0.0364. The van der Waals surface area contributed by atoms with Crippen molar-refractivity contribution < 1.29 is 33.4 Å². The van der Waals surface area contributed by atoms with Crippen molar-refractivity contribution in [2.24, 2.45) is 0 Å². The van der Waals surface area contributed by atoms with E-state index in [0.29, 0.717) is 24.3 Å². The molecule has 1 fully saturated rings. The van der Waals surface area contributed by atoms with Crippen LogP contribution in [0.4, 0.5) is 10.1 Å². The molecule has 0 saturated carbocycles. The monoisotopic (exact) mass is 549 g/mol. The minimum atomic E-state index is -0.603. The van der Waals surface area contributed by atoms with Crippen LogP contribution in [0.2, 0.25) is 0 Å². The molecule has 0 aliphatic carbocycles. The Morgan fingerprint density at radius 1 is 1.10 bits per heavy atom. The molecule has 2 aromatic carbocycles. The molecule has 4 rings (SSSR count). The fourth-order valence-electron chi connectivity index (χ4n) is 4.51. The predicted octanol–water partition coefficient (Wildman–Crippen LogP) is 5.07. The van der Waals surface area contributed by atoms with Gasteiger partial charge in [-0.25, -0.2) is 14.2 Å². The number of hydrogen-bond acceptors (Lipinski definition) is 6. The molecule has 40 heavy (non-hydrogen) atoms. The van der Waals surface area contributed by atoms with Crippen molar-refractivity contribution >= 4 is 29.9 Å². The Morgan fingerprint density at radius 2 is 1.75 bits per heavy atom. The lowest BCUT2D eigenvalue weighted by molar-refractivity contribution is -0.122. The number of hydrogen-bond donors (Lipinski definition) is 2. The third-order valence-electron chi connectivity index (χ3n) is 6.30. The highest BCUT2D eigenvalue weighted by Gasteiger charge is 2.28. The summed E-state index contributed by atoms with van der Waals surface area (Å²) in [5, 5.41) is 9.70. The van der Waals surface area contributed by atoms with E-state index in [2.05, 4.69) is 10.3 Å². The second-order valence-corrected chi connectivity index (χ2v) is 9.62. The number of aromatic nitrogens is 1. The van der Waals surface area contributed by atoms with Crippen LogP contribution in [0.25, 0.3) is 0 Å². The van der Waals surface area contributed by atoms with Gasteiger partial charge in [-0.05, 0) is 93.1 Å². The first-order valence-corrected chi connectivity index (χ1v) is 12.8. The normalized spacial score (nSPS) is 13.2. The molecule has 0 radical (unpaired) electrons. The summed E-state index contributed by atoms with van der Waals surface area (Å²) in [6, 6.07) is 15.1. The zero-order valence-corrected chi connectivity index (χ0v) is 22.6. The van der Waals surface area contributed by atoms with Gasteiger partial charge in [0.1, 0.15) is 5.82 Å². The number of pyridine rings is 1. The first-order chi connectivity index (χ1) is 19.1. The molecule has 0 bridgehead atoms. The van der Waals surface area contributed by atoms with Crippen LogP contribution in [-0.4, -0.2) is 58.4 Å². The summed E-state index contributed by atoms with van der Waals surface area (Å²) in [5.74, 6) is -1.38. The maximum atomic E-state index is 13.6. The van der Waals surface area contributed by atoms with E-state index in [0.717, 1.165) is 18.4 Å². The third kappa shape index (κ3) is 7.95. The smallest absolute Gasteiger partial charge is 0.358 e. The molecule has 210 valence electrons.